The van der Waals surface area contributed by atoms with Crippen LogP contribution in [0.5, 0.6) is 0 Å². The van der Waals surface area contributed by atoms with Crippen LogP contribution in [-0.4, -0.2) is 17.6 Å². The molecule has 18 heavy (non-hydrogen) atoms. The lowest BCUT2D eigenvalue weighted by molar-refractivity contribution is -0.142. The highest BCUT2D eigenvalue weighted by atomic mass is 127. The van der Waals surface area contributed by atoms with E-state index < -0.39 is 12.4 Å². The van der Waals surface area contributed by atoms with Crippen molar-refractivity contribution in [1.82, 2.24) is 4.98 Å². The van der Waals surface area contributed by atoms with Crippen molar-refractivity contribution in [2.45, 2.75) is 26.3 Å². The van der Waals surface area contributed by atoms with Crippen LogP contribution < -0.4 is 5.73 Å². The summed E-state index contributed by atoms with van der Waals surface area (Å²) in [4.78, 5) is 15.3. The molecule has 0 saturated carbocycles. The first-order valence-corrected chi connectivity index (χ1v) is 6.39. The molecule has 0 unspecified atom stereocenters. The SMILES string of the molecule is CCOC(=O)Cc1cc(CN)nc(I)c1C(F)F. The van der Waals surface area contributed by atoms with Crippen molar-refractivity contribution in [3.05, 3.63) is 26.6 Å². The standard InChI is InChI=1S/C11H13F2IN2O2/c1-2-18-8(17)4-6-3-7(5-15)16-11(14)9(6)10(12)13/h3,10H,2,4-5,15H2,1H3. The molecule has 0 atom stereocenters. The molecule has 0 spiro atoms. The molecule has 0 bridgehead atoms. The Hall–Kier alpha value is -0.830. The number of pyridine rings is 1. The fraction of sp³-hybridized carbons (Fsp3) is 0.455. The quantitative estimate of drug-likeness (QED) is 0.490. The normalized spacial score (nSPS) is 10.8. The summed E-state index contributed by atoms with van der Waals surface area (Å²) in [5.74, 6) is -0.538. The van der Waals surface area contributed by atoms with Gasteiger partial charge in [-0.3, -0.25) is 4.79 Å². The van der Waals surface area contributed by atoms with Crippen LogP contribution in [0.25, 0.3) is 0 Å². The molecule has 0 radical (unpaired) electrons. The number of nitrogens with zero attached hydrogens (tertiary/aromatic N) is 1. The maximum absolute atomic E-state index is 12.9. The van der Waals surface area contributed by atoms with E-state index >= 15 is 0 Å². The number of hydrogen-bond donors (Lipinski definition) is 1. The van der Waals surface area contributed by atoms with Gasteiger partial charge in [-0.15, -0.1) is 0 Å². The summed E-state index contributed by atoms with van der Waals surface area (Å²) < 4.78 is 30.8. The monoisotopic (exact) mass is 370 g/mol. The molecular formula is C11H13F2IN2O2. The third kappa shape index (κ3) is 3.84. The van der Waals surface area contributed by atoms with Crippen LogP contribution in [0.2, 0.25) is 0 Å². The van der Waals surface area contributed by atoms with Crippen molar-refractivity contribution >= 4 is 28.6 Å². The van der Waals surface area contributed by atoms with E-state index in [1.807, 2.05) is 0 Å². The molecule has 1 aromatic rings. The predicted octanol–water partition coefficient (Wildman–Crippen LogP) is 2.19. The Labute approximate surface area is 117 Å². The minimum absolute atomic E-state index is 0.134. The number of halogens is 3. The van der Waals surface area contributed by atoms with Crippen LogP contribution in [-0.2, 0) is 22.5 Å². The fourth-order valence-electron chi connectivity index (χ4n) is 1.48. The number of carbonyl (C=O) groups is 1. The van der Waals surface area contributed by atoms with E-state index in [0.717, 1.165) is 0 Å². The zero-order valence-corrected chi connectivity index (χ0v) is 11.9. The minimum atomic E-state index is -2.68. The molecule has 0 amide bonds. The Morgan fingerprint density at radius 1 is 1.61 bits per heavy atom. The highest BCUT2D eigenvalue weighted by Gasteiger charge is 2.21. The molecule has 7 heteroatoms. The molecule has 0 aliphatic rings. The number of esters is 1. The third-order valence-electron chi connectivity index (χ3n) is 2.22. The summed E-state index contributed by atoms with van der Waals surface area (Å²) >= 11 is 1.72. The van der Waals surface area contributed by atoms with Gasteiger partial charge in [0.25, 0.3) is 6.43 Å². The molecular weight excluding hydrogens is 357 g/mol. The Morgan fingerprint density at radius 2 is 2.28 bits per heavy atom. The zero-order valence-electron chi connectivity index (χ0n) is 9.75. The molecule has 1 rings (SSSR count). The topological polar surface area (TPSA) is 65.2 Å². The first kappa shape index (κ1) is 15.2. The van der Waals surface area contributed by atoms with E-state index in [1.165, 1.54) is 6.07 Å². The zero-order chi connectivity index (χ0) is 13.7. The Morgan fingerprint density at radius 3 is 2.78 bits per heavy atom. The van der Waals surface area contributed by atoms with Gasteiger partial charge in [0.05, 0.1) is 24.3 Å². The van der Waals surface area contributed by atoms with Gasteiger partial charge >= 0.3 is 5.97 Å². The molecule has 4 nitrogen and oxygen atoms in total. The number of carbonyl (C=O) groups excluding carboxylic acids is 1. The van der Waals surface area contributed by atoms with E-state index in [0.29, 0.717) is 5.69 Å². The Balaban J connectivity index is 3.13. The van der Waals surface area contributed by atoms with E-state index in [1.54, 1.807) is 29.5 Å². The van der Waals surface area contributed by atoms with Crippen LogP contribution in [0.15, 0.2) is 6.07 Å². The minimum Gasteiger partial charge on any atom is -0.466 e. The second kappa shape index (κ2) is 6.93. The van der Waals surface area contributed by atoms with Gasteiger partial charge in [0.15, 0.2) is 0 Å². The number of hydrogen-bond acceptors (Lipinski definition) is 4. The van der Waals surface area contributed by atoms with Gasteiger partial charge in [0.1, 0.15) is 3.70 Å². The van der Waals surface area contributed by atoms with Crippen molar-refractivity contribution in [3.8, 4) is 0 Å². The van der Waals surface area contributed by atoms with E-state index in [4.69, 9.17) is 10.5 Å². The second-order valence-corrected chi connectivity index (χ2v) is 4.49. The summed E-state index contributed by atoms with van der Waals surface area (Å²) in [5.41, 5.74) is 5.91. The average molecular weight is 370 g/mol. The summed E-state index contributed by atoms with van der Waals surface area (Å²) in [5, 5.41) is 0. The molecule has 0 aliphatic heterocycles. The Kier molecular flexibility index (Phi) is 5.86. The lowest BCUT2D eigenvalue weighted by atomic mass is 10.1. The largest absolute Gasteiger partial charge is 0.466 e. The number of nitrogens with two attached hydrogens (primary N) is 1. The summed E-state index contributed by atoms with van der Waals surface area (Å²) in [6, 6.07) is 1.43. The molecule has 1 aromatic heterocycles. The molecule has 100 valence electrons. The number of aromatic nitrogens is 1. The number of alkyl halides is 2. The second-order valence-electron chi connectivity index (χ2n) is 3.46. The molecule has 0 aliphatic carbocycles. The van der Waals surface area contributed by atoms with Crippen LogP contribution in [0.1, 0.15) is 30.2 Å². The van der Waals surface area contributed by atoms with Crippen LogP contribution in [0, 0.1) is 3.70 Å². The first-order chi connectivity index (χ1) is 8.49. The van der Waals surface area contributed by atoms with Gasteiger partial charge in [0.2, 0.25) is 0 Å². The smallest absolute Gasteiger partial charge is 0.310 e. The maximum Gasteiger partial charge on any atom is 0.310 e. The number of rotatable bonds is 5. The van der Waals surface area contributed by atoms with Crippen molar-refractivity contribution in [2.24, 2.45) is 5.73 Å². The lowest BCUT2D eigenvalue weighted by Gasteiger charge is -2.12. The van der Waals surface area contributed by atoms with Crippen LogP contribution in [0.3, 0.4) is 0 Å². The summed E-state index contributed by atoms with van der Waals surface area (Å²) in [6.45, 7) is 2.01. The van der Waals surface area contributed by atoms with Crippen molar-refractivity contribution in [2.75, 3.05) is 6.61 Å². The van der Waals surface area contributed by atoms with Crippen molar-refractivity contribution in [3.63, 3.8) is 0 Å². The number of ether oxygens (including phenoxy) is 1. The van der Waals surface area contributed by atoms with E-state index in [2.05, 4.69) is 4.98 Å². The molecule has 0 saturated heterocycles. The van der Waals surface area contributed by atoms with Crippen molar-refractivity contribution in [1.29, 1.82) is 0 Å². The molecule has 2 N–H and O–H groups in total. The summed E-state index contributed by atoms with van der Waals surface area (Å²) in [6.07, 6.45) is -2.88. The third-order valence-corrected chi connectivity index (χ3v) is 3.04. The Bertz CT molecular complexity index is 441. The molecule has 0 aromatic carbocycles. The van der Waals surface area contributed by atoms with Gasteiger partial charge in [-0.1, -0.05) is 0 Å². The highest BCUT2D eigenvalue weighted by Crippen LogP contribution is 2.28. The predicted molar refractivity (Wildman–Crippen MR) is 70.1 cm³/mol. The molecule has 1 heterocycles. The van der Waals surface area contributed by atoms with Gasteiger partial charge < -0.3 is 10.5 Å². The van der Waals surface area contributed by atoms with Crippen LogP contribution in [0.4, 0.5) is 8.78 Å². The maximum atomic E-state index is 12.9. The summed E-state index contributed by atoms with van der Waals surface area (Å²) in [7, 11) is 0. The van der Waals surface area contributed by atoms with E-state index in [9.17, 15) is 13.6 Å². The van der Waals surface area contributed by atoms with Crippen LogP contribution >= 0.6 is 22.6 Å². The lowest BCUT2D eigenvalue weighted by Crippen LogP contribution is -2.13. The highest BCUT2D eigenvalue weighted by molar-refractivity contribution is 14.1. The van der Waals surface area contributed by atoms with Gasteiger partial charge in [-0.05, 0) is 41.1 Å². The van der Waals surface area contributed by atoms with Gasteiger partial charge in [0, 0.05) is 6.54 Å². The average Bonchev–Trinajstić information content (AvgIpc) is 2.27. The first-order valence-electron chi connectivity index (χ1n) is 5.31. The van der Waals surface area contributed by atoms with E-state index in [-0.39, 0.29) is 34.4 Å². The van der Waals surface area contributed by atoms with Gasteiger partial charge in [-0.25, -0.2) is 13.8 Å². The molecule has 0 fully saturated rings. The fourth-order valence-corrected chi connectivity index (χ4v) is 2.37. The van der Waals surface area contributed by atoms with Crippen molar-refractivity contribution < 1.29 is 18.3 Å². The van der Waals surface area contributed by atoms with Gasteiger partial charge in [-0.2, -0.15) is 0 Å².